The SMILES string of the molecule is CCOCC1(C(=O)c2ccc(Cl)c(Cl)c2)CCCN1C(=O)O. The summed E-state index contributed by atoms with van der Waals surface area (Å²) < 4.78 is 5.41. The summed E-state index contributed by atoms with van der Waals surface area (Å²) in [6, 6.07) is 4.56. The average molecular weight is 346 g/mol. The molecule has 1 N–H and O–H groups in total. The molecule has 1 heterocycles. The van der Waals surface area contributed by atoms with E-state index in [1.807, 2.05) is 0 Å². The highest BCUT2D eigenvalue weighted by Crippen LogP contribution is 2.34. The molecular weight excluding hydrogens is 329 g/mol. The molecule has 5 nitrogen and oxygen atoms in total. The van der Waals surface area contributed by atoms with Crippen LogP contribution in [0.1, 0.15) is 30.1 Å². The van der Waals surface area contributed by atoms with Gasteiger partial charge in [0, 0.05) is 18.7 Å². The van der Waals surface area contributed by atoms with Gasteiger partial charge in [-0.3, -0.25) is 9.69 Å². The number of ketones is 1. The highest BCUT2D eigenvalue weighted by molar-refractivity contribution is 6.42. The van der Waals surface area contributed by atoms with Gasteiger partial charge in [0.2, 0.25) is 0 Å². The Hall–Kier alpha value is -1.30. The van der Waals surface area contributed by atoms with Gasteiger partial charge in [-0.15, -0.1) is 0 Å². The molecule has 0 radical (unpaired) electrons. The van der Waals surface area contributed by atoms with Gasteiger partial charge >= 0.3 is 6.09 Å². The van der Waals surface area contributed by atoms with Crippen LogP contribution in [0, 0.1) is 0 Å². The second kappa shape index (κ2) is 6.86. The first-order valence-electron chi connectivity index (χ1n) is 7.00. The van der Waals surface area contributed by atoms with Gasteiger partial charge in [0.1, 0.15) is 5.54 Å². The van der Waals surface area contributed by atoms with Crippen LogP contribution in [0.2, 0.25) is 10.0 Å². The van der Waals surface area contributed by atoms with E-state index < -0.39 is 11.6 Å². The zero-order valence-electron chi connectivity index (χ0n) is 12.1. The van der Waals surface area contributed by atoms with Gasteiger partial charge in [0.15, 0.2) is 5.78 Å². The Morgan fingerprint density at radius 2 is 2.09 bits per heavy atom. The Balaban J connectivity index is 2.42. The third-order valence-corrected chi connectivity index (χ3v) is 4.61. The van der Waals surface area contributed by atoms with Crippen LogP contribution >= 0.6 is 23.2 Å². The number of carbonyl (C=O) groups excluding carboxylic acids is 1. The van der Waals surface area contributed by atoms with Crippen molar-refractivity contribution in [3.8, 4) is 0 Å². The third-order valence-electron chi connectivity index (χ3n) is 3.87. The minimum Gasteiger partial charge on any atom is -0.465 e. The molecule has 1 aromatic carbocycles. The number of hydrogen-bond acceptors (Lipinski definition) is 3. The van der Waals surface area contributed by atoms with E-state index in [2.05, 4.69) is 0 Å². The fourth-order valence-corrected chi connectivity index (χ4v) is 3.08. The van der Waals surface area contributed by atoms with Gasteiger partial charge in [0.25, 0.3) is 0 Å². The first kappa shape index (κ1) is 17.1. The van der Waals surface area contributed by atoms with Gasteiger partial charge in [-0.1, -0.05) is 23.2 Å². The number of ether oxygens (including phenoxy) is 1. The largest absolute Gasteiger partial charge is 0.465 e. The van der Waals surface area contributed by atoms with Gasteiger partial charge in [-0.25, -0.2) is 4.79 Å². The fourth-order valence-electron chi connectivity index (χ4n) is 2.79. The van der Waals surface area contributed by atoms with Gasteiger partial charge in [-0.05, 0) is 38.0 Å². The Kier molecular flexibility index (Phi) is 5.32. The van der Waals surface area contributed by atoms with E-state index in [9.17, 15) is 14.7 Å². The van der Waals surface area contributed by atoms with Crippen LogP contribution < -0.4 is 0 Å². The van der Waals surface area contributed by atoms with E-state index >= 15 is 0 Å². The molecule has 1 amide bonds. The zero-order valence-corrected chi connectivity index (χ0v) is 13.7. The molecule has 2 rings (SSSR count). The van der Waals surface area contributed by atoms with Crippen molar-refractivity contribution in [3.05, 3.63) is 33.8 Å². The summed E-state index contributed by atoms with van der Waals surface area (Å²) in [7, 11) is 0. The topological polar surface area (TPSA) is 66.8 Å². The van der Waals surface area contributed by atoms with E-state index in [-0.39, 0.29) is 17.4 Å². The Morgan fingerprint density at radius 1 is 1.36 bits per heavy atom. The quantitative estimate of drug-likeness (QED) is 0.825. The van der Waals surface area contributed by atoms with E-state index in [1.54, 1.807) is 13.0 Å². The second-order valence-corrected chi connectivity index (χ2v) is 5.98. The molecule has 1 aliphatic heterocycles. The zero-order chi connectivity index (χ0) is 16.3. The van der Waals surface area contributed by atoms with Crippen LogP contribution in [0.15, 0.2) is 18.2 Å². The maximum atomic E-state index is 13.0. The summed E-state index contributed by atoms with van der Waals surface area (Å²) in [5.74, 6) is -0.306. The van der Waals surface area contributed by atoms with Crippen LogP contribution in [0.5, 0.6) is 0 Å². The molecule has 0 spiro atoms. The van der Waals surface area contributed by atoms with Crippen LogP contribution in [0.25, 0.3) is 0 Å². The molecule has 1 unspecified atom stereocenters. The number of carbonyl (C=O) groups is 2. The van der Waals surface area contributed by atoms with Gasteiger partial charge in [-0.2, -0.15) is 0 Å². The van der Waals surface area contributed by atoms with E-state index in [0.29, 0.717) is 36.6 Å². The van der Waals surface area contributed by atoms with Gasteiger partial charge < -0.3 is 9.84 Å². The van der Waals surface area contributed by atoms with Crippen LogP contribution in [0.3, 0.4) is 0 Å². The van der Waals surface area contributed by atoms with Crippen molar-refractivity contribution in [1.29, 1.82) is 0 Å². The lowest BCUT2D eigenvalue weighted by Crippen LogP contribution is -2.55. The summed E-state index contributed by atoms with van der Waals surface area (Å²) in [4.78, 5) is 25.6. The fraction of sp³-hybridized carbons (Fsp3) is 0.467. The average Bonchev–Trinajstić information content (AvgIpc) is 2.92. The molecule has 22 heavy (non-hydrogen) atoms. The molecule has 120 valence electrons. The van der Waals surface area contributed by atoms with Crippen molar-refractivity contribution in [1.82, 2.24) is 4.90 Å². The van der Waals surface area contributed by atoms with Crippen molar-refractivity contribution < 1.29 is 19.4 Å². The van der Waals surface area contributed by atoms with Crippen molar-refractivity contribution >= 4 is 35.1 Å². The first-order valence-corrected chi connectivity index (χ1v) is 7.76. The Labute approximate surface area is 138 Å². The van der Waals surface area contributed by atoms with E-state index in [4.69, 9.17) is 27.9 Å². The lowest BCUT2D eigenvalue weighted by molar-refractivity contribution is 0.0226. The van der Waals surface area contributed by atoms with Crippen LogP contribution in [-0.2, 0) is 4.74 Å². The molecule has 0 aromatic heterocycles. The Morgan fingerprint density at radius 3 is 2.68 bits per heavy atom. The lowest BCUT2D eigenvalue weighted by atomic mass is 9.87. The number of Topliss-reactive ketones (excluding diaryl/α,β-unsaturated/α-hetero) is 1. The molecular formula is C15H17Cl2NO4. The van der Waals surface area contributed by atoms with Crippen molar-refractivity contribution in [2.75, 3.05) is 19.8 Å². The normalized spacial score (nSPS) is 21.1. The standard InChI is InChI=1S/C15H17Cl2NO4/c1-2-22-9-15(6-3-7-18(15)14(20)21)13(19)10-4-5-11(16)12(17)8-10/h4-5,8H,2-3,6-7,9H2,1H3,(H,20,21). The summed E-state index contributed by atoms with van der Waals surface area (Å²) in [6.07, 6.45) is -0.0734. The molecule has 1 atom stereocenters. The van der Waals surface area contributed by atoms with Gasteiger partial charge in [0.05, 0.1) is 16.7 Å². The number of nitrogens with zero attached hydrogens (tertiary/aromatic N) is 1. The lowest BCUT2D eigenvalue weighted by Gasteiger charge is -2.35. The second-order valence-electron chi connectivity index (χ2n) is 5.16. The molecule has 7 heteroatoms. The minimum absolute atomic E-state index is 0.0366. The summed E-state index contributed by atoms with van der Waals surface area (Å²) in [6.45, 7) is 2.56. The number of carboxylic acid groups (broad SMARTS) is 1. The van der Waals surface area contributed by atoms with Crippen molar-refractivity contribution in [3.63, 3.8) is 0 Å². The molecule has 1 aromatic rings. The van der Waals surface area contributed by atoms with Crippen LogP contribution in [0.4, 0.5) is 4.79 Å². The number of amides is 1. The number of halogens is 2. The third kappa shape index (κ3) is 3.07. The highest BCUT2D eigenvalue weighted by atomic mass is 35.5. The Bertz CT molecular complexity index is 593. The predicted octanol–water partition coefficient (Wildman–Crippen LogP) is 3.73. The molecule has 0 aliphatic carbocycles. The van der Waals surface area contributed by atoms with Crippen molar-refractivity contribution in [2.45, 2.75) is 25.3 Å². The molecule has 0 bridgehead atoms. The number of hydrogen-bond donors (Lipinski definition) is 1. The number of benzene rings is 1. The predicted molar refractivity (Wildman–Crippen MR) is 84.0 cm³/mol. The molecule has 1 aliphatic rings. The van der Waals surface area contributed by atoms with Crippen molar-refractivity contribution in [2.24, 2.45) is 0 Å². The maximum absolute atomic E-state index is 13.0. The van der Waals surface area contributed by atoms with Crippen LogP contribution in [-0.4, -0.2) is 47.2 Å². The number of likely N-dealkylation sites (tertiary alicyclic amines) is 1. The minimum atomic E-state index is -1.20. The summed E-state index contributed by atoms with van der Waals surface area (Å²) in [5.41, 5.74) is -0.860. The van der Waals surface area contributed by atoms with E-state index in [1.165, 1.54) is 17.0 Å². The van der Waals surface area contributed by atoms with E-state index in [0.717, 1.165) is 0 Å². The first-order chi connectivity index (χ1) is 10.4. The molecule has 0 saturated carbocycles. The highest BCUT2D eigenvalue weighted by Gasteiger charge is 2.50. The summed E-state index contributed by atoms with van der Waals surface area (Å²) in [5, 5.41) is 10.0. The number of rotatable bonds is 5. The summed E-state index contributed by atoms with van der Waals surface area (Å²) >= 11 is 11.8. The smallest absolute Gasteiger partial charge is 0.408 e. The molecule has 1 fully saturated rings. The maximum Gasteiger partial charge on any atom is 0.408 e. The monoisotopic (exact) mass is 345 g/mol. The molecule has 1 saturated heterocycles.